The van der Waals surface area contributed by atoms with Gasteiger partial charge in [0.15, 0.2) is 0 Å². The van der Waals surface area contributed by atoms with E-state index in [1.807, 2.05) is 27.2 Å². The number of amides is 1. The molecule has 19 heavy (non-hydrogen) atoms. The fourth-order valence-electron chi connectivity index (χ4n) is 2.00. The molecule has 5 heteroatoms. The number of carbonyl (C=O) groups excluding carboxylic acids is 1. The monoisotopic (exact) mass is 264 g/mol. The third-order valence-electron chi connectivity index (χ3n) is 2.76. The van der Waals surface area contributed by atoms with Crippen molar-refractivity contribution in [2.45, 2.75) is 13.8 Å². The summed E-state index contributed by atoms with van der Waals surface area (Å²) in [7, 11) is 5.88. The van der Waals surface area contributed by atoms with Crippen LogP contribution in [0, 0.1) is 5.41 Å². The summed E-state index contributed by atoms with van der Waals surface area (Å²) in [6.45, 7) is 5.80. The van der Waals surface area contributed by atoms with E-state index in [0.29, 0.717) is 12.2 Å². The van der Waals surface area contributed by atoms with Crippen LogP contribution in [0.25, 0.3) is 0 Å². The van der Waals surface area contributed by atoms with Crippen LogP contribution < -0.4 is 10.6 Å². The Morgan fingerprint density at radius 1 is 1.37 bits per heavy atom. The summed E-state index contributed by atoms with van der Waals surface area (Å²) in [6, 6.07) is 3.56. The first kappa shape index (κ1) is 15.4. The minimum atomic E-state index is -0.130. The number of nitrogens with zero attached hydrogens (tertiary/aromatic N) is 2. The molecule has 2 N–H and O–H groups in total. The molecule has 0 saturated heterocycles. The van der Waals surface area contributed by atoms with Crippen LogP contribution in [0.5, 0.6) is 0 Å². The molecule has 0 unspecified atom stereocenters. The predicted octanol–water partition coefficient (Wildman–Crippen LogP) is 1.44. The third kappa shape index (κ3) is 5.26. The van der Waals surface area contributed by atoms with Crippen LogP contribution in [0.2, 0.25) is 0 Å². The van der Waals surface area contributed by atoms with Crippen LogP contribution in [0.3, 0.4) is 0 Å². The topological polar surface area (TPSA) is 57.3 Å². The fraction of sp³-hybridized carbons (Fsp3) is 0.571. The molecule has 0 aliphatic rings. The average molecular weight is 264 g/mol. The molecule has 0 bridgehead atoms. The molecule has 1 aromatic rings. The number of hydrogen-bond donors (Lipinski definition) is 2. The molecule has 1 amide bonds. The van der Waals surface area contributed by atoms with Crippen molar-refractivity contribution < 1.29 is 4.79 Å². The van der Waals surface area contributed by atoms with Crippen molar-refractivity contribution in [3.05, 3.63) is 24.0 Å². The van der Waals surface area contributed by atoms with Gasteiger partial charge in [-0.05, 0) is 31.6 Å². The number of aromatic nitrogens is 1. The molecule has 0 spiro atoms. The van der Waals surface area contributed by atoms with E-state index in [2.05, 4.69) is 34.4 Å². The van der Waals surface area contributed by atoms with Gasteiger partial charge in [0, 0.05) is 20.1 Å². The number of carbonyl (C=O) groups is 1. The van der Waals surface area contributed by atoms with Gasteiger partial charge >= 0.3 is 0 Å². The lowest BCUT2D eigenvalue weighted by atomic mass is 9.93. The maximum atomic E-state index is 12.0. The normalized spacial score (nSPS) is 11.5. The van der Waals surface area contributed by atoms with Gasteiger partial charge in [-0.1, -0.05) is 13.8 Å². The van der Waals surface area contributed by atoms with Crippen molar-refractivity contribution in [2.24, 2.45) is 5.41 Å². The maximum absolute atomic E-state index is 12.0. The van der Waals surface area contributed by atoms with Gasteiger partial charge in [0.25, 0.3) is 5.91 Å². The zero-order valence-corrected chi connectivity index (χ0v) is 12.4. The van der Waals surface area contributed by atoms with Gasteiger partial charge in [-0.15, -0.1) is 0 Å². The number of anilines is 1. The maximum Gasteiger partial charge on any atom is 0.269 e. The smallest absolute Gasteiger partial charge is 0.269 e. The average Bonchev–Trinajstić information content (AvgIpc) is 2.34. The van der Waals surface area contributed by atoms with E-state index in [0.717, 1.165) is 12.2 Å². The fourth-order valence-corrected chi connectivity index (χ4v) is 2.00. The van der Waals surface area contributed by atoms with Gasteiger partial charge in [-0.25, -0.2) is 4.98 Å². The minimum absolute atomic E-state index is 0.0318. The molecule has 0 aromatic carbocycles. The molecule has 106 valence electrons. The minimum Gasteiger partial charge on any atom is -0.387 e. The highest BCUT2D eigenvalue weighted by Crippen LogP contribution is 2.14. The molecule has 1 heterocycles. The first-order valence-electron chi connectivity index (χ1n) is 6.41. The Hall–Kier alpha value is -1.62. The van der Waals surface area contributed by atoms with E-state index < -0.39 is 0 Å². The van der Waals surface area contributed by atoms with E-state index in [1.54, 1.807) is 12.3 Å². The Morgan fingerprint density at radius 3 is 2.53 bits per heavy atom. The summed E-state index contributed by atoms with van der Waals surface area (Å²) in [4.78, 5) is 18.2. The van der Waals surface area contributed by atoms with Crippen LogP contribution in [-0.2, 0) is 0 Å². The highest BCUT2D eigenvalue weighted by atomic mass is 16.1. The van der Waals surface area contributed by atoms with Gasteiger partial charge in [0.05, 0.1) is 11.9 Å². The largest absolute Gasteiger partial charge is 0.387 e. The molecular formula is C14H24N4O. The van der Waals surface area contributed by atoms with Crippen molar-refractivity contribution in [3.8, 4) is 0 Å². The zero-order valence-electron chi connectivity index (χ0n) is 12.4. The third-order valence-corrected chi connectivity index (χ3v) is 2.76. The van der Waals surface area contributed by atoms with E-state index in [4.69, 9.17) is 0 Å². The summed E-state index contributed by atoms with van der Waals surface area (Å²) < 4.78 is 0. The van der Waals surface area contributed by atoms with Crippen LogP contribution in [-0.4, -0.2) is 50.0 Å². The molecule has 0 atom stereocenters. The van der Waals surface area contributed by atoms with Gasteiger partial charge < -0.3 is 15.5 Å². The Balaban J connectivity index is 2.55. The Labute approximate surface area is 115 Å². The molecule has 1 aromatic heterocycles. The lowest BCUT2D eigenvalue weighted by Crippen LogP contribution is -2.40. The summed E-state index contributed by atoms with van der Waals surface area (Å²) >= 11 is 0. The standard InChI is InChI=1S/C14H24N4O/c1-14(2,10-18(4)5)9-17-13(19)12-7-6-11(15-3)8-16-12/h6-8,15H,9-10H2,1-5H3,(H,17,19). The lowest BCUT2D eigenvalue weighted by molar-refractivity contribution is 0.0924. The zero-order chi connectivity index (χ0) is 14.5. The summed E-state index contributed by atoms with van der Waals surface area (Å²) in [5, 5.41) is 5.90. The Kier molecular flexibility index (Phi) is 5.30. The van der Waals surface area contributed by atoms with Crippen LogP contribution in [0.1, 0.15) is 24.3 Å². The number of nitrogens with one attached hydrogen (secondary N) is 2. The SMILES string of the molecule is CNc1ccc(C(=O)NCC(C)(C)CN(C)C)nc1. The number of rotatable bonds is 6. The van der Waals surface area contributed by atoms with Crippen molar-refractivity contribution in [1.29, 1.82) is 0 Å². The predicted molar refractivity (Wildman–Crippen MR) is 78.5 cm³/mol. The highest BCUT2D eigenvalue weighted by molar-refractivity contribution is 5.92. The second kappa shape index (κ2) is 6.52. The molecule has 0 aliphatic carbocycles. The van der Waals surface area contributed by atoms with E-state index in [1.165, 1.54) is 0 Å². The molecule has 0 fully saturated rings. The molecular weight excluding hydrogens is 240 g/mol. The number of hydrogen-bond acceptors (Lipinski definition) is 4. The van der Waals surface area contributed by atoms with E-state index in [-0.39, 0.29) is 11.3 Å². The van der Waals surface area contributed by atoms with Crippen LogP contribution in [0.15, 0.2) is 18.3 Å². The van der Waals surface area contributed by atoms with E-state index in [9.17, 15) is 4.79 Å². The van der Waals surface area contributed by atoms with E-state index >= 15 is 0 Å². The van der Waals surface area contributed by atoms with Gasteiger partial charge in [-0.2, -0.15) is 0 Å². The van der Waals surface area contributed by atoms with Crippen molar-refractivity contribution in [1.82, 2.24) is 15.2 Å². The first-order chi connectivity index (χ1) is 8.84. The molecule has 0 aliphatic heterocycles. The second-order valence-electron chi connectivity index (χ2n) is 5.77. The molecule has 0 radical (unpaired) electrons. The lowest BCUT2D eigenvalue weighted by Gasteiger charge is -2.28. The highest BCUT2D eigenvalue weighted by Gasteiger charge is 2.20. The van der Waals surface area contributed by atoms with Crippen LogP contribution >= 0.6 is 0 Å². The van der Waals surface area contributed by atoms with Crippen molar-refractivity contribution in [2.75, 3.05) is 39.5 Å². The van der Waals surface area contributed by atoms with Crippen molar-refractivity contribution in [3.63, 3.8) is 0 Å². The molecule has 5 nitrogen and oxygen atoms in total. The van der Waals surface area contributed by atoms with Gasteiger partial charge in [-0.3, -0.25) is 4.79 Å². The van der Waals surface area contributed by atoms with Gasteiger partial charge in [0.1, 0.15) is 5.69 Å². The Morgan fingerprint density at radius 2 is 2.05 bits per heavy atom. The molecule has 0 saturated carbocycles. The number of pyridine rings is 1. The van der Waals surface area contributed by atoms with Crippen LogP contribution in [0.4, 0.5) is 5.69 Å². The summed E-state index contributed by atoms with van der Waals surface area (Å²) in [6.07, 6.45) is 1.65. The second-order valence-corrected chi connectivity index (χ2v) is 5.77. The summed E-state index contributed by atoms with van der Waals surface area (Å²) in [5.41, 5.74) is 1.37. The quantitative estimate of drug-likeness (QED) is 0.816. The molecule has 1 rings (SSSR count). The summed E-state index contributed by atoms with van der Waals surface area (Å²) in [5.74, 6) is -0.130. The van der Waals surface area contributed by atoms with Crippen molar-refractivity contribution >= 4 is 11.6 Å². The van der Waals surface area contributed by atoms with Gasteiger partial charge in [0.2, 0.25) is 0 Å². The first-order valence-corrected chi connectivity index (χ1v) is 6.41. The Bertz CT molecular complexity index is 412.